The molecule has 1 heterocycles. The lowest BCUT2D eigenvalue weighted by atomic mass is 10.1. The molecule has 23 heavy (non-hydrogen) atoms. The van der Waals surface area contributed by atoms with Gasteiger partial charge in [0.15, 0.2) is 5.17 Å². The van der Waals surface area contributed by atoms with Crippen LogP contribution in [0.25, 0.3) is 0 Å². The van der Waals surface area contributed by atoms with Crippen LogP contribution in [-0.4, -0.2) is 40.0 Å². The second-order valence-electron chi connectivity index (χ2n) is 6.05. The van der Waals surface area contributed by atoms with E-state index in [9.17, 15) is 4.79 Å². The molecule has 0 atom stereocenters. The molecule has 5 nitrogen and oxygen atoms in total. The quantitative estimate of drug-likeness (QED) is 0.644. The minimum atomic E-state index is -0.0196. The third-order valence-corrected chi connectivity index (χ3v) is 4.53. The van der Waals surface area contributed by atoms with Crippen molar-refractivity contribution in [3.63, 3.8) is 0 Å². The summed E-state index contributed by atoms with van der Waals surface area (Å²) in [5, 5.41) is 11.4. The number of rotatable bonds is 6. The van der Waals surface area contributed by atoms with Crippen molar-refractivity contribution in [1.29, 1.82) is 0 Å². The molecule has 1 aliphatic rings. The molecule has 0 radical (unpaired) electrons. The maximum absolute atomic E-state index is 11.1. The average molecular weight is 332 g/mol. The zero-order chi connectivity index (χ0) is 16.8. The lowest BCUT2D eigenvalue weighted by Gasteiger charge is -2.31. The van der Waals surface area contributed by atoms with Gasteiger partial charge in [0.05, 0.1) is 12.0 Å². The normalized spacial score (nSPS) is 17.2. The number of hydrogen-bond acceptors (Lipinski definition) is 5. The molecule has 1 N–H and O–H groups in total. The van der Waals surface area contributed by atoms with Gasteiger partial charge < -0.3 is 5.32 Å². The molecule has 1 aromatic carbocycles. The zero-order valence-electron chi connectivity index (χ0n) is 14.1. The summed E-state index contributed by atoms with van der Waals surface area (Å²) in [7, 11) is 0. The highest BCUT2D eigenvalue weighted by Gasteiger charge is 2.16. The number of amidine groups is 1. The summed E-state index contributed by atoms with van der Waals surface area (Å²) in [6, 6.07) is 9.16. The molecule has 6 heteroatoms. The molecule has 124 valence electrons. The Labute approximate surface area is 142 Å². The van der Waals surface area contributed by atoms with Gasteiger partial charge in [0.25, 0.3) is 0 Å². The molecule has 2 rings (SSSR count). The van der Waals surface area contributed by atoms with E-state index in [-0.39, 0.29) is 5.91 Å². The van der Waals surface area contributed by atoms with E-state index in [1.165, 1.54) is 17.3 Å². The molecule has 0 aromatic heterocycles. The zero-order valence-corrected chi connectivity index (χ0v) is 14.9. The number of benzene rings is 1. The SMILES string of the molecule is CC(C)N(Cc1ccccc1C=NN=C1NC(=O)CS1)C(C)C. The second-order valence-corrected chi connectivity index (χ2v) is 7.01. The van der Waals surface area contributed by atoms with Gasteiger partial charge in [-0.2, -0.15) is 5.10 Å². The standard InChI is InChI=1S/C17H24N4OS/c1-12(2)21(13(3)4)10-15-8-6-5-7-14(15)9-18-20-17-19-16(22)11-23-17/h5-9,12-13H,10-11H2,1-4H3,(H,19,20,22). The van der Waals surface area contributed by atoms with Crippen molar-refractivity contribution in [2.45, 2.75) is 46.3 Å². The maximum atomic E-state index is 11.1. The van der Waals surface area contributed by atoms with Gasteiger partial charge in [0, 0.05) is 18.6 Å². The van der Waals surface area contributed by atoms with Crippen LogP contribution in [0.2, 0.25) is 0 Å². The van der Waals surface area contributed by atoms with Gasteiger partial charge in [-0.05, 0) is 38.8 Å². The predicted molar refractivity (Wildman–Crippen MR) is 97.9 cm³/mol. The van der Waals surface area contributed by atoms with Gasteiger partial charge >= 0.3 is 0 Å². The smallest absolute Gasteiger partial charge is 0.236 e. The van der Waals surface area contributed by atoms with Crippen molar-refractivity contribution in [2.75, 3.05) is 5.75 Å². The van der Waals surface area contributed by atoms with Gasteiger partial charge in [-0.15, -0.1) is 5.10 Å². The molecule has 1 amide bonds. The highest BCUT2D eigenvalue weighted by Crippen LogP contribution is 2.15. The van der Waals surface area contributed by atoms with Crippen molar-refractivity contribution < 1.29 is 4.79 Å². The minimum Gasteiger partial charge on any atom is -0.303 e. The van der Waals surface area contributed by atoms with E-state index in [1.807, 2.05) is 18.2 Å². The van der Waals surface area contributed by atoms with Gasteiger partial charge in [-0.25, -0.2) is 0 Å². The summed E-state index contributed by atoms with van der Waals surface area (Å²) in [6.45, 7) is 9.72. The third kappa shape index (κ3) is 5.18. The van der Waals surface area contributed by atoms with Crippen LogP contribution >= 0.6 is 11.8 Å². The largest absolute Gasteiger partial charge is 0.303 e. The summed E-state index contributed by atoms with van der Waals surface area (Å²) < 4.78 is 0. The number of nitrogens with one attached hydrogen (secondary N) is 1. The maximum Gasteiger partial charge on any atom is 0.236 e. The van der Waals surface area contributed by atoms with Crippen LogP contribution in [0.3, 0.4) is 0 Å². The van der Waals surface area contributed by atoms with Crippen LogP contribution in [-0.2, 0) is 11.3 Å². The van der Waals surface area contributed by atoms with E-state index in [0.29, 0.717) is 23.0 Å². The van der Waals surface area contributed by atoms with Gasteiger partial charge in [0.1, 0.15) is 0 Å². The Morgan fingerprint density at radius 2 is 1.96 bits per heavy atom. The van der Waals surface area contributed by atoms with Crippen LogP contribution < -0.4 is 5.32 Å². The lowest BCUT2D eigenvalue weighted by Crippen LogP contribution is -2.36. The first-order chi connectivity index (χ1) is 11.0. The molecule has 0 spiro atoms. The van der Waals surface area contributed by atoms with Crippen LogP contribution in [0.15, 0.2) is 34.5 Å². The Balaban J connectivity index is 2.12. The van der Waals surface area contributed by atoms with E-state index >= 15 is 0 Å². The highest BCUT2D eigenvalue weighted by atomic mass is 32.2. The number of amides is 1. The van der Waals surface area contributed by atoms with Gasteiger partial charge in [-0.3, -0.25) is 9.69 Å². The molecule has 1 aromatic rings. The number of carbonyl (C=O) groups is 1. The molecule has 1 fully saturated rings. The van der Waals surface area contributed by atoms with Crippen molar-refractivity contribution in [2.24, 2.45) is 10.2 Å². The number of thioether (sulfide) groups is 1. The van der Waals surface area contributed by atoms with Gasteiger partial charge in [-0.1, -0.05) is 36.0 Å². The minimum absolute atomic E-state index is 0.0196. The molecular weight excluding hydrogens is 308 g/mol. The fraction of sp³-hybridized carbons (Fsp3) is 0.471. The Bertz CT molecular complexity index is 602. The summed E-state index contributed by atoms with van der Waals surface area (Å²) in [6.07, 6.45) is 1.76. The Hall–Kier alpha value is -1.66. The fourth-order valence-electron chi connectivity index (χ4n) is 2.48. The van der Waals surface area contributed by atoms with E-state index in [4.69, 9.17) is 0 Å². The van der Waals surface area contributed by atoms with E-state index in [1.54, 1.807) is 6.21 Å². The first-order valence-electron chi connectivity index (χ1n) is 7.84. The molecular formula is C17H24N4OS. The first-order valence-corrected chi connectivity index (χ1v) is 8.83. The van der Waals surface area contributed by atoms with Crippen LogP contribution in [0.4, 0.5) is 0 Å². The molecule has 0 saturated carbocycles. The average Bonchev–Trinajstić information content (AvgIpc) is 2.91. The Kier molecular flexibility index (Phi) is 6.36. The van der Waals surface area contributed by atoms with Crippen molar-refractivity contribution in [1.82, 2.24) is 10.2 Å². The van der Waals surface area contributed by atoms with E-state index < -0.39 is 0 Å². The highest BCUT2D eigenvalue weighted by molar-refractivity contribution is 8.15. The van der Waals surface area contributed by atoms with Crippen LogP contribution in [0.1, 0.15) is 38.8 Å². The summed E-state index contributed by atoms with van der Waals surface area (Å²) >= 11 is 1.38. The predicted octanol–water partition coefficient (Wildman–Crippen LogP) is 2.86. The lowest BCUT2D eigenvalue weighted by molar-refractivity contribution is -0.116. The van der Waals surface area contributed by atoms with Crippen molar-refractivity contribution in [3.05, 3.63) is 35.4 Å². The topological polar surface area (TPSA) is 57.1 Å². The van der Waals surface area contributed by atoms with Gasteiger partial charge in [0.2, 0.25) is 5.91 Å². The molecule has 1 saturated heterocycles. The number of carbonyl (C=O) groups excluding carboxylic acids is 1. The molecule has 0 bridgehead atoms. The Morgan fingerprint density at radius 3 is 2.57 bits per heavy atom. The van der Waals surface area contributed by atoms with Crippen molar-refractivity contribution in [3.8, 4) is 0 Å². The summed E-state index contributed by atoms with van der Waals surface area (Å²) in [5.41, 5.74) is 2.28. The van der Waals surface area contributed by atoms with E-state index in [2.05, 4.69) is 54.2 Å². The summed E-state index contributed by atoms with van der Waals surface area (Å²) in [4.78, 5) is 13.6. The molecule has 0 unspecified atom stereocenters. The van der Waals surface area contributed by atoms with E-state index in [0.717, 1.165) is 12.1 Å². The number of nitrogens with zero attached hydrogens (tertiary/aromatic N) is 3. The number of hydrogen-bond donors (Lipinski definition) is 1. The first kappa shape index (κ1) is 17.7. The van der Waals surface area contributed by atoms with Crippen LogP contribution in [0, 0.1) is 0 Å². The second kappa shape index (κ2) is 8.26. The molecule has 1 aliphatic heterocycles. The monoisotopic (exact) mass is 332 g/mol. The Morgan fingerprint density at radius 1 is 1.26 bits per heavy atom. The third-order valence-electron chi connectivity index (χ3n) is 3.67. The van der Waals surface area contributed by atoms with Crippen molar-refractivity contribution >= 4 is 29.1 Å². The molecule has 0 aliphatic carbocycles. The summed E-state index contributed by atoms with van der Waals surface area (Å²) in [5.74, 6) is 0.400. The fourth-order valence-corrected chi connectivity index (χ4v) is 3.12. The van der Waals surface area contributed by atoms with Crippen LogP contribution in [0.5, 0.6) is 0 Å².